The van der Waals surface area contributed by atoms with Crippen LogP contribution in [0.15, 0.2) is 11.4 Å². The van der Waals surface area contributed by atoms with Crippen LogP contribution in [0.2, 0.25) is 0 Å². The van der Waals surface area contributed by atoms with Crippen molar-refractivity contribution in [3.63, 3.8) is 0 Å². The van der Waals surface area contributed by atoms with Crippen molar-refractivity contribution in [1.82, 2.24) is 4.90 Å². The van der Waals surface area contributed by atoms with Gasteiger partial charge in [-0.3, -0.25) is 14.9 Å². The van der Waals surface area contributed by atoms with Gasteiger partial charge in [0.05, 0.1) is 10.5 Å². The molecular formula is C12H17N3O3S. The van der Waals surface area contributed by atoms with E-state index in [1.54, 1.807) is 10.3 Å². The fourth-order valence-electron chi connectivity index (χ4n) is 2.36. The summed E-state index contributed by atoms with van der Waals surface area (Å²) >= 11 is 0.986. The number of amides is 1. The summed E-state index contributed by atoms with van der Waals surface area (Å²) in [6, 6.07) is 1.35. The van der Waals surface area contributed by atoms with Crippen molar-refractivity contribution in [2.24, 2.45) is 17.6 Å². The average Bonchev–Trinajstić information content (AvgIpc) is 2.88. The number of likely N-dealkylation sites (tertiary alicyclic amines) is 1. The molecule has 1 aromatic rings. The first kappa shape index (κ1) is 14.0. The maximum atomic E-state index is 12.3. The second-order valence-electron chi connectivity index (χ2n) is 4.94. The number of hydrogen-bond acceptors (Lipinski definition) is 5. The lowest BCUT2D eigenvalue weighted by molar-refractivity contribution is -0.380. The van der Waals surface area contributed by atoms with Gasteiger partial charge in [-0.15, -0.1) is 0 Å². The van der Waals surface area contributed by atoms with Crippen molar-refractivity contribution in [2.45, 2.75) is 13.3 Å². The van der Waals surface area contributed by atoms with Crippen LogP contribution in [0.3, 0.4) is 0 Å². The highest BCUT2D eigenvalue weighted by atomic mass is 32.1. The van der Waals surface area contributed by atoms with E-state index >= 15 is 0 Å². The lowest BCUT2D eigenvalue weighted by Gasteiger charge is -2.36. The van der Waals surface area contributed by atoms with Crippen LogP contribution in [0.4, 0.5) is 5.00 Å². The van der Waals surface area contributed by atoms with Crippen molar-refractivity contribution in [2.75, 3.05) is 19.6 Å². The Morgan fingerprint density at radius 1 is 1.68 bits per heavy atom. The summed E-state index contributed by atoms with van der Waals surface area (Å²) in [7, 11) is 0. The van der Waals surface area contributed by atoms with Crippen molar-refractivity contribution in [3.8, 4) is 0 Å². The fourth-order valence-corrected chi connectivity index (χ4v) is 3.05. The molecule has 6 nitrogen and oxygen atoms in total. The third kappa shape index (κ3) is 2.93. The number of carbonyl (C=O) groups excluding carboxylic acids is 1. The van der Waals surface area contributed by atoms with E-state index in [2.05, 4.69) is 6.92 Å². The smallest absolute Gasteiger partial charge is 0.324 e. The van der Waals surface area contributed by atoms with Crippen LogP contribution >= 0.6 is 11.3 Å². The molecule has 2 heterocycles. The molecule has 104 valence electrons. The number of thiophene rings is 1. The molecule has 0 aliphatic carbocycles. The van der Waals surface area contributed by atoms with Gasteiger partial charge in [0.15, 0.2) is 0 Å². The zero-order valence-corrected chi connectivity index (χ0v) is 11.6. The minimum Gasteiger partial charge on any atom is -0.338 e. The van der Waals surface area contributed by atoms with E-state index in [1.165, 1.54) is 6.07 Å². The normalized spacial score (nSPS) is 23.4. The molecule has 2 atom stereocenters. The van der Waals surface area contributed by atoms with Crippen molar-refractivity contribution < 1.29 is 9.72 Å². The van der Waals surface area contributed by atoms with Crippen LogP contribution in [0, 0.1) is 22.0 Å². The maximum absolute atomic E-state index is 12.3. The molecular weight excluding hydrogens is 266 g/mol. The van der Waals surface area contributed by atoms with Crippen molar-refractivity contribution >= 4 is 22.2 Å². The van der Waals surface area contributed by atoms with Gasteiger partial charge in [0, 0.05) is 24.5 Å². The molecule has 1 saturated heterocycles. The van der Waals surface area contributed by atoms with Gasteiger partial charge in [-0.05, 0) is 24.8 Å². The van der Waals surface area contributed by atoms with E-state index in [4.69, 9.17) is 5.73 Å². The minimum atomic E-state index is -0.470. The van der Waals surface area contributed by atoms with E-state index in [9.17, 15) is 14.9 Å². The van der Waals surface area contributed by atoms with E-state index in [0.29, 0.717) is 37.0 Å². The molecule has 0 bridgehead atoms. The molecule has 2 unspecified atom stereocenters. The highest BCUT2D eigenvalue weighted by Gasteiger charge is 2.29. The second-order valence-corrected chi connectivity index (χ2v) is 5.83. The van der Waals surface area contributed by atoms with Gasteiger partial charge < -0.3 is 10.6 Å². The molecule has 2 N–H and O–H groups in total. The van der Waals surface area contributed by atoms with Crippen LogP contribution < -0.4 is 5.73 Å². The average molecular weight is 283 g/mol. The largest absolute Gasteiger partial charge is 0.338 e. The Balaban J connectivity index is 2.08. The summed E-state index contributed by atoms with van der Waals surface area (Å²) in [6.07, 6.45) is 0.930. The standard InChI is InChI=1S/C12H17N3O3S/c1-8-2-3-14(6-10(8)5-13)12(16)9-4-11(15(17)18)19-7-9/h4,7-8,10H,2-3,5-6,13H2,1H3. The van der Waals surface area contributed by atoms with Crippen LogP contribution in [-0.2, 0) is 0 Å². The molecule has 1 amide bonds. The predicted molar refractivity (Wildman–Crippen MR) is 73.2 cm³/mol. The number of carbonyl (C=O) groups is 1. The molecule has 0 spiro atoms. The molecule has 1 aliphatic heterocycles. The highest BCUT2D eigenvalue weighted by molar-refractivity contribution is 7.13. The number of nitrogens with zero attached hydrogens (tertiary/aromatic N) is 2. The molecule has 2 rings (SSSR count). The third-order valence-electron chi connectivity index (χ3n) is 3.72. The predicted octanol–water partition coefficient (Wildman–Crippen LogP) is 1.71. The molecule has 0 saturated carbocycles. The van der Waals surface area contributed by atoms with Crippen LogP contribution in [0.25, 0.3) is 0 Å². The maximum Gasteiger partial charge on any atom is 0.324 e. The molecule has 1 fully saturated rings. The summed E-state index contributed by atoms with van der Waals surface area (Å²) in [4.78, 5) is 24.2. The summed E-state index contributed by atoms with van der Waals surface area (Å²) in [5.41, 5.74) is 6.12. The van der Waals surface area contributed by atoms with Gasteiger partial charge in [-0.25, -0.2) is 0 Å². The topological polar surface area (TPSA) is 89.5 Å². The molecule has 0 aromatic carbocycles. The van der Waals surface area contributed by atoms with Crippen LogP contribution in [0.1, 0.15) is 23.7 Å². The highest BCUT2D eigenvalue weighted by Crippen LogP contribution is 2.27. The first-order chi connectivity index (χ1) is 9.02. The Kier molecular flexibility index (Phi) is 4.16. The Labute approximate surface area is 115 Å². The van der Waals surface area contributed by atoms with E-state index in [-0.39, 0.29) is 10.9 Å². The Bertz CT molecular complexity index is 488. The van der Waals surface area contributed by atoms with Crippen molar-refractivity contribution in [1.29, 1.82) is 0 Å². The Morgan fingerprint density at radius 3 is 3.00 bits per heavy atom. The summed E-state index contributed by atoms with van der Waals surface area (Å²) < 4.78 is 0. The van der Waals surface area contributed by atoms with Gasteiger partial charge >= 0.3 is 5.00 Å². The molecule has 0 radical (unpaired) electrons. The van der Waals surface area contributed by atoms with Crippen molar-refractivity contribution in [3.05, 3.63) is 27.1 Å². The third-order valence-corrected chi connectivity index (χ3v) is 4.60. The number of piperidine rings is 1. The minimum absolute atomic E-state index is 0.00380. The van der Waals surface area contributed by atoms with Crippen LogP contribution in [0.5, 0.6) is 0 Å². The fraction of sp³-hybridized carbons (Fsp3) is 0.583. The van der Waals surface area contributed by atoms with Gasteiger partial charge in [0.25, 0.3) is 5.91 Å². The van der Waals surface area contributed by atoms with E-state index in [0.717, 1.165) is 17.8 Å². The Morgan fingerprint density at radius 2 is 2.42 bits per heavy atom. The molecule has 1 aromatic heterocycles. The van der Waals surface area contributed by atoms with Gasteiger partial charge in [0.1, 0.15) is 0 Å². The Hall–Kier alpha value is -1.47. The van der Waals surface area contributed by atoms with Crippen LogP contribution in [-0.4, -0.2) is 35.4 Å². The van der Waals surface area contributed by atoms with Gasteiger partial charge in [0.2, 0.25) is 0 Å². The van der Waals surface area contributed by atoms with E-state index in [1.807, 2.05) is 0 Å². The number of nitrogens with two attached hydrogens (primary N) is 1. The SMILES string of the molecule is CC1CCN(C(=O)c2csc([N+](=O)[O-])c2)CC1CN. The van der Waals surface area contributed by atoms with Gasteiger partial charge in [-0.1, -0.05) is 18.3 Å². The first-order valence-electron chi connectivity index (χ1n) is 6.25. The lowest BCUT2D eigenvalue weighted by atomic mass is 9.87. The lowest BCUT2D eigenvalue weighted by Crippen LogP contribution is -2.45. The van der Waals surface area contributed by atoms with E-state index < -0.39 is 4.92 Å². The molecule has 19 heavy (non-hydrogen) atoms. The number of hydrogen-bond donors (Lipinski definition) is 1. The first-order valence-corrected chi connectivity index (χ1v) is 7.13. The summed E-state index contributed by atoms with van der Waals surface area (Å²) in [5, 5.41) is 12.2. The van der Waals surface area contributed by atoms with Gasteiger partial charge in [-0.2, -0.15) is 0 Å². The number of nitro groups is 1. The summed E-state index contributed by atoms with van der Waals surface area (Å²) in [5.74, 6) is 0.701. The zero-order valence-electron chi connectivity index (χ0n) is 10.7. The molecule has 1 aliphatic rings. The zero-order chi connectivity index (χ0) is 14.0. The summed E-state index contributed by atoms with van der Waals surface area (Å²) in [6.45, 7) is 4.05. The quantitative estimate of drug-likeness (QED) is 0.675. The monoisotopic (exact) mass is 283 g/mol. The molecule has 7 heteroatoms. The number of rotatable bonds is 3. The second kappa shape index (κ2) is 5.66.